The number of aromatic amines is 1. The summed E-state index contributed by atoms with van der Waals surface area (Å²) in [6.45, 7) is 3.88. The Bertz CT molecular complexity index is 659. The summed E-state index contributed by atoms with van der Waals surface area (Å²) in [5.74, 6) is -0.565. The number of aryl methyl sites for hydroxylation is 1. The average molecular weight is 271 g/mol. The zero-order chi connectivity index (χ0) is 14.5. The smallest absolute Gasteiger partial charge is 0.344 e. The van der Waals surface area contributed by atoms with Crippen molar-refractivity contribution in [2.45, 2.75) is 20.3 Å². The van der Waals surface area contributed by atoms with Crippen molar-refractivity contribution in [3.05, 3.63) is 57.9 Å². The van der Waals surface area contributed by atoms with E-state index >= 15 is 0 Å². The van der Waals surface area contributed by atoms with E-state index in [0.29, 0.717) is 17.7 Å². The summed E-state index contributed by atoms with van der Waals surface area (Å²) in [6, 6.07) is 11.4. The molecule has 104 valence electrons. The van der Waals surface area contributed by atoms with Gasteiger partial charge in [0.25, 0.3) is 5.56 Å². The summed E-state index contributed by atoms with van der Waals surface area (Å²) in [4.78, 5) is 26.8. The maximum absolute atomic E-state index is 12.2. The largest absolute Gasteiger partial charge is 0.462 e. The number of aromatic nitrogens is 1. The first-order valence-corrected chi connectivity index (χ1v) is 6.66. The van der Waals surface area contributed by atoms with Crippen molar-refractivity contribution in [3.63, 3.8) is 0 Å². The molecule has 0 radical (unpaired) electrons. The lowest BCUT2D eigenvalue weighted by Crippen LogP contribution is -2.22. The molecule has 1 heterocycles. The molecule has 4 heteroatoms. The second-order valence-corrected chi connectivity index (χ2v) is 4.35. The van der Waals surface area contributed by atoms with Crippen molar-refractivity contribution in [2.75, 3.05) is 6.61 Å². The summed E-state index contributed by atoms with van der Waals surface area (Å²) in [6.07, 6.45) is 0.595. The number of pyridine rings is 1. The van der Waals surface area contributed by atoms with Crippen molar-refractivity contribution in [3.8, 4) is 11.3 Å². The highest BCUT2D eigenvalue weighted by molar-refractivity contribution is 5.91. The molecule has 0 saturated carbocycles. The molecule has 0 fully saturated rings. The number of hydrogen-bond acceptors (Lipinski definition) is 3. The summed E-state index contributed by atoms with van der Waals surface area (Å²) in [7, 11) is 0. The van der Waals surface area contributed by atoms with Crippen molar-refractivity contribution in [1.82, 2.24) is 4.98 Å². The van der Waals surface area contributed by atoms with Crippen LogP contribution in [-0.4, -0.2) is 17.6 Å². The maximum Gasteiger partial charge on any atom is 0.344 e. The van der Waals surface area contributed by atoms with Crippen LogP contribution in [0.25, 0.3) is 11.3 Å². The van der Waals surface area contributed by atoms with Crippen LogP contribution in [0.2, 0.25) is 0 Å². The van der Waals surface area contributed by atoms with Crippen LogP contribution in [0.15, 0.2) is 41.2 Å². The number of benzene rings is 1. The molecular formula is C16H17NO3. The van der Waals surface area contributed by atoms with Gasteiger partial charge in [-0.05, 0) is 30.5 Å². The van der Waals surface area contributed by atoms with Gasteiger partial charge in [-0.3, -0.25) is 4.79 Å². The van der Waals surface area contributed by atoms with E-state index in [1.54, 1.807) is 6.92 Å². The van der Waals surface area contributed by atoms with E-state index in [9.17, 15) is 9.59 Å². The normalized spacial score (nSPS) is 10.3. The summed E-state index contributed by atoms with van der Waals surface area (Å²) >= 11 is 0. The van der Waals surface area contributed by atoms with Crippen LogP contribution in [0.3, 0.4) is 0 Å². The quantitative estimate of drug-likeness (QED) is 0.870. The Morgan fingerprint density at radius 2 is 1.90 bits per heavy atom. The molecule has 20 heavy (non-hydrogen) atoms. The fourth-order valence-corrected chi connectivity index (χ4v) is 2.09. The number of rotatable bonds is 4. The minimum Gasteiger partial charge on any atom is -0.462 e. The molecule has 1 N–H and O–H groups in total. The number of nitrogens with one attached hydrogen (secondary N) is 1. The maximum atomic E-state index is 12.2. The Morgan fingerprint density at radius 1 is 1.20 bits per heavy atom. The van der Waals surface area contributed by atoms with E-state index in [4.69, 9.17) is 4.74 Å². The second kappa shape index (κ2) is 6.19. The van der Waals surface area contributed by atoms with Crippen LogP contribution in [-0.2, 0) is 11.2 Å². The van der Waals surface area contributed by atoms with E-state index in [1.165, 1.54) is 0 Å². The van der Waals surface area contributed by atoms with Crippen LogP contribution >= 0.6 is 0 Å². The third kappa shape index (κ3) is 2.79. The minimum absolute atomic E-state index is 0.106. The van der Waals surface area contributed by atoms with Gasteiger partial charge in [-0.15, -0.1) is 0 Å². The van der Waals surface area contributed by atoms with Crippen LogP contribution in [0.4, 0.5) is 0 Å². The zero-order valence-electron chi connectivity index (χ0n) is 11.6. The molecule has 0 amide bonds. The van der Waals surface area contributed by atoms with Crippen molar-refractivity contribution in [2.24, 2.45) is 0 Å². The monoisotopic (exact) mass is 271 g/mol. The van der Waals surface area contributed by atoms with Crippen LogP contribution in [0.5, 0.6) is 0 Å². The van der Waals surface area contributed by atoms with Gasteiger partial charge >= 0.3 is 5.97 Å². The molecular weight excluding hydrogens is 254 g/mol. The van der Waals surface area contributed by atoms with Gasteiger partial charge in [-0.25, -0.2) is 4.79 Å². The van der Waals surface area contributed by atoms with Gasteiger partial charge in [0.05, 0.1) is 6.61 Å². The van der Waals surface area contributed by atoms with E-state index in [2.05, 4.69) is 4.98 Å². The molecule has 4 nitrogen and oxygen atoms in total. The number of ether oxygens (including phenoxy) is 1. The first kappa shape index (κ1) is 14.1. The van der Waals surface area contributed by atoms with Gasteiger partial charge < -0.3 is 9.72 Å². The molecule has 0 aliphatic heterocycles. The number of esters is 1. The third-order valence-corrected chi connectivity index (χ3v) is 3.06. The molecule has 0 aliphatic rings. The fourth-order valence-electron chi connectivity index (χ4n) is 2.09. The first-order chi connectivity index (χ1) is 9.67. The summed E-state index contributed by atoms with van der Waals surface area (Å²) in [5, 5.41) is 0. The highest BCUT2D eigenvalue weighted by Gasteiger charge is 2.17. The van der Waals surface area contributed by atoms with E-state index < -0.39 is 11.5 Å². The minimum atomic E-state index is -0.565. The topological polar surface area (TPSA) is 59.2 Å². The third-order valence-electron chi connectivity index (χ3n) is 3.06. The van der Waals surface area contributed by atoms with E-state index in [-0.39, 0.29) is 12.2 Å². The van der Waals surface area contributed by atoms with E-state index in [0.717, 1.165) is 5.56 Å². The van der Waals surface area contributed by atoms with Gasteiger partial charge in [0.2, 0.25) is 0 Å². The lowest BCUT2D eigenvalue weighted by atomic mass is 10.0. The molecule has 1 aromatic heterocycles. The molecule has 0 atom stereocenters. The van der Waals surface area contributed by atoms with Gasteiger partial charge in [0, 0.05) is 5.69 Å². The number of H-pyrrole nitrogens is 1. The molecule has 2 rings (SSSR count). The van der Waals surface area contributed by atoms with Crippen molar-refractivity contribution < 1.29 is 9.53 Å². The Balaban J connectivity index is 2.54. The van der Waals surface area contributed by atoms with Gasteiger partial charge in [-0.1, -0.05) is 37.3 Å². The molecule has 2 aromatic rings. The highest BCUT2D eigenvalue weighted by Crippen LogP contribution is 2.18. The number of carbonyl (C=O) groups excluding carboxylic acids is 1. The standard InChI is InChI=1S/C16H17NO3/c1-3-11-10-13(12-8-6-5-7-9-12)17-15(18)14(11)16(19)20-4-2/h5-10H,3-4H2,1-2H3,(H,17,18). The van der Waals surface area contributed by atoms with Gasteiger partial charge in [0.15, 0.2) is 0 Å². The Labute approximate surface area is 117 Å². The number of carbonyl (C=O) groups is 1. The summed E-state index contributed by atoms with van der Waals surface area (Å²) in [5.41, 5.74) is 2.02. The molecule has 1 aromatic carbocycles. The molecule has 0 spiro atoms. The van der Waals surface area contributed by atoms with Crippen LogP contribution in [0.1, 0.15) is 29.8 Å². The van der Waals surface area contributed by atoms with Gasteiger partial charge in [-0.2, -0.15) is 0 Å². The number of hydrogen-bond donors (Lipinski definition) is 1. The predicted molar refractivity (Wildman–Crippen MR) is 77.8 cm³/mol. The Morgan fingerprint density at radius 3 is 2.50 bits per heavy atom. The Kier molecular flexibility index (Phi) is 4.35. The van der Waals surface area contributed by atoms with Crippen LogP contribution < -0.4 is 5.56 Å². The zero-order valence-corrected chi connectivity index (χ0v) is 11.6. The lowest BCUT2D eigenvalue weighted by molar-refractivity contribution is 0.0523. The van der Waals surface area contributed by atoms with Crippen LogP contribution in [0, 0.1) is 0 Å². The molecule has 0 saturated heterocycles. The predicted octanol–water partition coefficient (Wildman–Crippen LogP) is 2.78. The molecule has 0 aliphatic carbocycles. The van der Waals surface area contributed by atoms with Crippen molar-refractivity contribution in [1.29, 1.82) is 0 Å². The molecule has 0 bridgehead atoms. The molecule has 0 unspecified atom stereocenters. The first-order valence-electron chi connectivity index (χ1n) is 6.66. The van der Waals surface area contributed by atoms with E-state index in [1.807, 2.05) is 43.3 Å². The fraction of sp³-hybridized carbons (Fsp3) is 0.250. The Hall–Kier alpha value is -2.36. The second-order valence-electron chi connectivity index (χ2n) is 4.35. The average Bonchev–Trinajstić information content (AvgIpc) is 2.47. The summed E-state index contributed by atoms with van der Waals surface area (Å²) < 4.78 is 4.94. The highest BCUT2D eigenvalue weighted by atomic mass is 16.5. The lowest BCUT2D eigenvalue weighted by Gasteiger charge is -2.09. The van der Waals surface area contributed by atoms with Crippen molar-refractivity contribution >= 4 is 5.97 Å². The SMILES string of the molecule is CCOC(=O)c1c(CC)cc(-c2ccccc2)[nH]c1=O. The van der Waals surface area contributed by atoms with Gasteiger partial charge in [0.1, 0.15) is 5.56 Å².